The zero-order valence-electron chi connectivity index (χ0n) is 4.02. The predicted molar refractivity (Wildman–Crippen MR) is 24.5 cm³/mol. The molecule has 0 radical (unpaired) electrons. The molecule has 0 heterocycles. The standard InChI is InChI=1S/C3H3FO.CH4O/c1-3(4)2-5;1-2/h2H,1H2;2H,1H3. The molecule has 1 N–H and O–H groups in total. The number of carbonyl (C=O) groups is 1. The Labute approximate surface area is 41.3 Å². The van der Waals surface area contributed by atoms with Crippen molar-refractivity contribution < 1.29 is 14.3 Å². The van der Waals surface area contributed by atoms with Crippen LogP contribution in [-0.2, 0) is 4.79 Å². The Hall–Kier alpha value is -0.700. The van der Waals surface area contributed by atoms with E-state index in [0.29, 0.717) is 0 Å². The molecule has 3 heteroatoms. The molecule has 0 unspecified atom stereocenters. The first-order chi connectivity index (χ1) is 3.27. The van der Waals surface area contributed by atoms with E-state index in [1.165, 1.54) is 0 Å². The molecule has 0 rings (SSSR count). The highest BCUT2D eigenvalue weighted by atomic mass is 19.1. The number of halogens is 1. The van der Waals surface area contributed by atoms with Gasteiger partial charge in [0.2, 0.25) is 0 Å². The molecular weight excluding hydrogens is 99.0 g/mol. The second kappa shape index (κ2) is 9.00. The Morgan fingerprint density at radius 3 is 2.00 bits per heavy atom. The summed E-state index contributed by atoms with van der Waals surface area (Å²) in [6, 6.07) is 0. The van der Waals surface area contributed by atoms with Gasteiger partial charge in [0, 0.05) is 7.11 Å². The van der Waals surface area contributed by atoms with Crippen molar-refractivity contribution in [3.05, 3.63) is 12.4 Å². The van der Waals surface area contributed by atoms with Crippen LogP contribution in [0.5, 0.6) is 0 Å². The second-order valence-corrected chi connectivity index (χ2v) is 0.565. The SMILES string of the molecule is C=C(F)C=O.CO. The zero-order chi connectivity index (χ0) is 6.28. The molecule has 0 spiro atoms. The first-order valence-corrected chi connectivity index (χ1v) is 1.51. The number of hydrogen-bond acceptors (Lipinski definition) is 2. The van der Waals surface area contributed by atoms with E-state index in [0.717, 1.165) is 7.11 Å². The van der Waals surface area contributed by atoms with E-state index in [4.69, 9.17) is 9.90 Å². The Morgan fingerprint density at radius 2 is 2.00 bits per heavy atom. The van der Waals surface area contributed by atoms with Gasteiger partial charge in [0.15, 0.2) is 12.1 Å². The maximum atomic E-state index is 10.9. The minimum Gasteiger partial charge on any atom is -0.400 e. The van der Waals surface area contributed by atoms with Crippen LogP contribution < -0.4 is 0 Å². The van der Waals surface area contributed by atoms with Gasteiger partial charge in [-0.1, -0.05) is 6.58 Å². The lowest BCUT2D eigenvalue weighted by atomic mass is 10.7. The topological polar surface area (TPSA) is 37.3 Å². The predicted octanol–water partition coefficient (Wildman–Crippen LogP) is 0.277. The highest BCUT2D eigenvalue weighted by Crippen LogP contribution is 1.77. The van der Waals surface area contributed by atoms with Gasteiger partial charge >= 0.3 is 0 Å². The first-order valence-electron chi connectivity index (χ1n) is 1.51. The van der Waals surface area contributed by atoms with Gasteiger partial charge in [-0.05, 0) is 0 Å². The van der Waals surface area contributed by atoms with E-state index >= 15 is 0 Å². The number of aliphatic hydroxyl groups excluding tert-OH is 1. The molecule has 0 atom stereocenters. The van der Waals surface area contributed by atoms with Crippen molar-refractivity contribution in [3.63, 3.8) is 0 Å². The first kappa shape index (κ1) is 9.57. The molecule has 7 heavy (non-hydrogen) atoms. The van der Waals surface area contributed by atoms with E-state index in [1.807, 2.05) is 0 Å². The van der Waals surface area contributed by atoms with Crippen molar-refractivity contribution in [2.24, 2.45) is 0 Å². The van der Waals surface area contributed by atoms with Crippen LogP contribution in [0.1, 0.15) is 0 Å². The fourth-order valence-electron chi connectivity index (χ4n) is 0. The van der Waals surface area contributed by atoms with E-state index in [1.54, 1.807) is 0 Å². The minimum atomic E-state index is -0.926. The molecule has 0 amide bonds. The fourth-order valence-corrected chi connectivity index (χ4v) is 0. The molecule has 0 aromatic carbocycles. The van der Waals surface area contributed by atoms with Crippen LogP contribution >= 0.6 is 0 Å². The van der Waals surface area contributed by atoms with Gasteiger partial charge in [0.25, 0.3) is 0 Å². The average molecular weight is 106 g/mol. The van der Waals surface area contributed by atoms with Crippen molar-refractivity contribution in [3.8, 4) is 0 Å². The quantitative estimate of drug-likeness (QED) is 0.385. The highest BCUT2D eigenvalue weighted by Gasteiger charge is 1.73. The third kappa shape index (κ3) is 34.2. The Balaban J connectivity index is 0. The van der Waals surface area contributed by atoms with Gasteiger partial charge in [0.1, 0.15) is 0 Å². The summed E-state index contributed by atoms with van der Waals surface area (Å²) in [5, 5.41) is 7.00. The summed E-state index contributed by atoms with van der Waals surface area (Å²) in [4.78, 5) is 9.03. The lowest BCUT2D eigenvalue weighted by molar-refractivity contribution is -0.106. The summed E-state index contributed by atoms with van der Waals surface area (Å²) in [5.41, 5.74) is 0. The molecule has 0 bridgehead atoms. The Kier molecular flexibility index (Phi) is 12.3. The normalized spacial score (nSPS) is 5.57. The van der Waals surface area contributed by atoms with Crippen molar-refractivity contribution >= 4 is 6.29 Å². The smallest absolute Gasteiger partial charge is 0.177 e. The molecule has 0 aromatic heterocycles. The van der Waals surface area contributed by atoms with Crippen LogP contribution in [0.3, 0.4) is 0 Å². The summed E-state index contributed by atoms with van der Waals surface area (Å²) in [7, 11) is 1.00. The van der Waals surface area contributed by atoms with Crippen LogP contribution in [0.15, 0.2) is 12.4 Å². The van der Waals surface area contributed by atoms with E-state index in [-0.39, 0.29) is 6.29 Å². The van der Waals surface area contributed by atoms with E-state index < -0.39 is 5.83 Å². The molecule has 0 aliphatic carbocycles. The van der Waals surface area contributed by atoms with Crippen LogP contribution in [0.4, 0.5) is 4.39 Å². The third-order valence-corrected chi connectivity index (χ3v) is 0.128. The summed E-state index contributed by atoms with van der Waals surface area (Å²) in [6.45, 7) is 2.64. The van der Waals surface area contributed by atoms with Crippen molar-refractivity contribution in [1.82, 2.24) is 0 Å². The molecule has 0 saturated carbocycles. The van der Waals surface area contributed by atoms with E-state index in [9.17, 15) is 4.39 Å². The molecule has 0 saturated heterocycles. The van der Waals surface area contributed by atoms with Gasteiger partial charge in [-0.25, -0.2) is 4.39 Å². The minimum absolute atomic E-state index is 0.0556. The second-order valence-electron chi connectivity index (χ2n) is 0.565. The van der Waals surface area contributed by atoms with Crippen LogP contribution in [-0.4, -0.2) is 18.5 Å². The van der Waals surface area contributed by atoms with Gasteiger partial charge in [-0.15, -0.1) is 0 Å². The number of carbonyl (C=O) groups excluding carboxylic acids is 1. The maximum absolute atomic E-state index is 10.9. The van der Waals surface area contributed by atoms with E-state index in [2.05, 4.69) is 6.58 Å². The summed E-state index contributed by atoms with van der Waals surface area (Å²) >= 11 is 0. The van der Waals surface area contributed by atoms with Gasteiger partial charge in [0.05, 0.1) is 0 Å². The Morgan fingerprint density at radius 1 is 1.86 bits per heavy atom. The molecule has 0 aliphatic heterocycles. The number of rotatable bonds is 1. The molecule has 0 aromatic rings. The average Bonchev–Trinajstić information content (AvgIpc) is 1.73. The molecule has 0 fully saturated rings. The van der Waals surface area contributed by atoms with Crippen molar-refractivity contribution in [1.29, 1.82) is 0 Å². The zero-order valence-corrected chi connectivity index (χ0v) is 4.02. The fraction of sp³-hybridized carbons (Fsp3) is 0.250. The molecule has 42 valence electrons. The van der Waals surface area contributed by atoms with Crippen molar-refractivity contribution in [2.75, 3.05) is 7.11 Å². The monoisotopic (exact) mass is 106 g/mol. The highest BCUT2D eigenvalue weighted by molar-refractivity contribution is 5.68. The molecular formula is C4H7FO2. The van der Waals surface area contributed by atoms with Crippen LogP contribution in [0, 0.1) is 0 Å². The molecule has 2 nitrogen and oxygen atoms in total. The Bertz CT molecular complexity index is 60.7. The maximum Gasteiger partial charge on any atom is 0.177 e. The number of aliphatic hydroxyl groups is 1. The van der Waals surface area contributed by atoms with Crippen LogP contribution in [0.25, 0.3) is 0 Å². The molecule has 0 aliphatic rings. The van der Waals surface area contributed by atoms with Gasteiger partial charge in [-0.2, -0.15) is 0 Å². The van der Waals surface area contributed by atoms with Crippen LogP contribution in [0.2, 0.25) is 0 Å². The summed E-state index contributed by atoms with van der Waals surface area (Å²) < 4.78 is 10.9. The largest absolute Gasteiger partial charge is 0.400 e. The summed E-state index contributed by atoms with van der Waals surface area (Å²) in [6.07, 6.45) is 0.0556. The van der Waals surface area contributed by atoms with Gasteiger partial charge in [-0.3, -0.25) is 4.79 Å². The number of aldehydes is 1. The third-order valence-electron chi connectivity index (χ3n) is 0.128. The lowest BCUT2D eigenvalue weighted by Gasteiger charge is -1.60. The number of hydrogen-bond donors (Lipinski definition) is 1. The number of allylic oxidation sites excluding steroid dienone is 1. The van der Waals surface area contributed by atoms with Gasteiger partial charge < -0.3 is 5.11 Å². The lowest BCUT2D eigenvalue weighted by Crippen LogP contribution is -1.62. The summed E-state index contributed by atoms with van der Waals surface area (Å²) in [5.74, 6) is -0.926. The van der Waals surface area contributed by atoms with Crippen molar-refractivity contribution in [2.45, 2.75) is 0 Å².